The van der Waals surface area contributed by atoms with Crippen LogP contribution in [0.2, 0.25) is 0 Å². The number of aromatic nitrogens is 4. The van der Waals surface area contributed by atoms with E-state index in [1.807, 2.05) is 19.1 Å². The Morgan fingerprint density at radius 2 is 2.04 bits per heavy atom. The smallest absolute Gasteiger partial charge is 0.217 e. The molecule has 0 radical (unpaired) electrons. The monoisotopic (exact) mass is 345 g/mol. The van der Waals surface area contributed by atoms with E-state index < -0.39 is 0 Å². The summed E-state index contributed by atoms with van der Waals surface area (Å²) in [5.41, 5.74) is 1.61. The Bertz CT molecular complexity index is 739. The van der Waals surface area contributed by atoms with Gasteiger partial charge in [0.2, 0.25) is 11.1 Å². The van der Waals surface area contributed by atoms with Gasteiger partial charge in [-0.05, 0) is 35.8 Å². The molecule has 7 nitrogen and oxygen atoms in total. The van der Waals surface area contributed by atoms with Crippen LogP contribution in [0.15, 0.2) is 29.4 Å². The van der Waals surface area contributed by atoms with Gasteiger partial charge in [0, 0.05) is 12.5 Å². The van der Waals surface area contributed by atoms with E-state index in [1.54, 1.807) is 16.8 Å². The molecular formula is C16H19N5O2S. The number of carbonyl (C=O) groups is 2. The van der Waals surface area contributed by atoms with Crippen molar-refractivity contribution in [1.29, 1.82) is 0 Å². The summed E-state index contributed by atoms with van der Waals surface area (Å²) in [4.78, 5) is 23.4. The van der Waals surface area contributed by atoms with E-state index in [0.29, 0.717) is 22.5 Å². The number of amides is 1. The van der Waals surface area contributed by atoms with Crippen molar-refractivity contribution in [2.45, 2.75) is 43.9 Å². The van der Waals surface area contributed by atoms with Crippen LogP contribution in [0.25, 0.3) is 0 Å². The average Bonchev–Trinajstić information content (AvgIpc) is 3.30. The zero-order valence-electron chi connectivity index (χ0n) is 13.6. The van der Waals surface area contributed by atoms with Gasteiger partial charge in [-0.3, -0.25) is 9.59 Å². The van der Waals surface area contributed by atoms with Crippen molar-refractivity contribution in [3.8, 4) is 0 Å². The van der Waals surface area contributed by atoms with Crippen molar-refractivity contribution in [3.05, 3.63) is 35.4 Å². The molecular weight excluding hydrogens is 326 g/mol. The molecule has 1 saturated carbocycles. The van der Waals surface area contributed by atoms with Gasteiger partial charge in [0.25, 0.3) is 0 Å². The summed E-state index contributed by atoms with van der Waals surface area (Å²) in [5, 5.41) is 15.2. The highest BCUT2D eigenvalue weighted by Crippen LogP contribution is 2.36. The number of nitrogens with one attached hydrogen (secondary N) is 1. The number of Topliss-reactive ketones (excluding diaryl/α,β-unsaturated/α-hetero) is 1. The molecule has 0 spiro atoms. The van der Waals surface area contributed by atoms with E-state index >= 15 is 0 Å². The van der Waals surface area contributed by atoms with Crippen molar-refractivity contribution in [2.24, 2.45) is 0 Å². The molecule has 126 valence electrons. The number of tetrazole rings is 1. The van der Waals surface area contributed by atoms with E-state index in [-0.39, 0.29) is 17.7 Å². The zero-order chi connectivity index (χ0) is 17.1. The third kappa shape index (κ3) is 4.00. The lowest BCUT2D eigenvalue weighted by Crippen LogP contribution is -2.23. The summed E-state index contributed by atoms with van der Waals surface area (Å²) in [6, 6.07) is 7.64. The Morgan fingerprint density at radius 1 is 1.33 bits per heavy atom. The highest BCUT2D eigenvalue weighted by Gasteiger charge is 2.28. The normalized spacial score (nSPS) is 15.1. The molecule has 1 aromatic carbocycles. The number of benzene rings is 1. The minimum absolute atomic E-state index is 0.0316. The van der Waals surface area contributed by atoms with Crippen molar-refractivity contribution >= 4 is 23.5 Å². The number of hydrogen-bond donors (Lipinski definition) is 1. The molecule has 3 rings (SSSR count). The lowest BCUT2D eigenvalue weighted by atomic mass is 10.0. The van der Waals surface area contributed by atoms with Crippen LogP contribution >= 0.6 is 11.8 Å². The van der Waals surface area contributed by atoms with Crippen LogP contribution in [0.5, 0.6) is 0 Å². The average molecular weight is 345 g/mol. The second-order valence-corrected chi connectivity index (χ2v) is 6.84. The van der Waals surface area contributed by atoms with Gasteiger partial charge in [0.1, 0.15) is 0 Å². The quantitative estimate of drug-likeness (QED) is 0.611. The van der Waals surface area contributed by atoms with Gasteiger partial charge in [-0.1, -0.05) is 36.0 Å². The minimum atomic E-state index is -0.0794. The summed E-state index contributed by atoms with van der Waals surface area (Å²) in [7, 11) is 0. The Kier molecular flexibility index (Phi) is 4.94. The summed E-state index contributed by atoms with van der Waals surface area (Å²) < 4.78 is 1.80. The van der Waals surface area contributed by atoms with E-state index in [2.05, 4.69) is 20.8 Å². The van der Waals surface area contributed by atoms with Gasteiger partial charge in [-0.2, -0.15) is 0 Å². The van der Waals surface area contributed by atoms with Crippen molar-refractivity contribution < 1.29 is 9.59 Å². The number of ketones is 1. The molecule has 1 fully saturated rings. The van der Waals surface area contributed by atoms with Gasteiger partial charge in [0.05, 0.1) is 17.8 Å². The van der Waals surface area contributed by atoms with E-state index in [0.717, 1.165) is 18.4 Å². The first-order valence-corrected chi connectivity index (χ1v) is 8.84. The maximum Gasteiger partial charge on any atom is 0.217 e. The highest BCUT2D eigenvalue weighted by atomic mass is 32.2. The first kappa shape index (κ1) is 16.6. The number of nitrogens with zero attached hydrogens (tertiary/aromatic N) is 4. The van der Waals surface area contributed by atoms with Crippen LogP contribution in [0, 0.1) is 0 Å². The third-order valence-corrected chi connectivity index (χ3v) is 4.77. The molecule has 24 heavy (non-hydrogen) atoms. The molecule has 1 unspecified atom stereocenters. The Morgan fingerprint density at radius 3 is 2.67 bits per heavy atom. The molecule has 1 atom stereocenters. The van der Waals surface area contributed by atoms with Crippen LogP contribution in [0.4, 0.5) is 0 Å². The Labute approximate surface area is 144 Å². The first-order valence-electron chi connectivity index (χ1n) is 7.85. The van der Waals surface area contributed by atoms with Gasteiger partial charge in [-0.25, -0.2) is 4.68 Å². The van der Waals surface area contributed by atoms with Gasteiger partial charge in [-0.15, -0.1) is 5.10 Å². The largest absolute Gasteiger partial charge is 0.350 e. The molecule has 0 saturated heterocycles. The second kappa shape index (κ2) is 7.12. The van der Waals surface area contributed by atoms with Crippen LogP contribution in [0.1, 0.15) is 54.7 Å². The third-order valence-electron chi connectivity index (χ3n) is 3.84. The first-order chi connectivity index (χ1) is 11.5. The molecule has 1 aliphatic rings. The molecule has 1 aromatic heterocycles. The maximum absolute atomic E-state index is 12.3. The van der Waals surface area contributed by atoms with Crippen LogP contribution in [-0.4, -0.2) is 37.7 Å². The van der Waals surface area contributed by atoms with Gasteiger partial charge < -0.3 is 5.32 Å². The van der Waals surface area contributed by atoms with Crippen molar-refractivity contribution in [2.75, 3.05) is 5.75 Å². The number of thioether (sulfide) groups is 1. The fraction of sp³-hybridized carbons (Fsp3) is 0.438. The number of carbonyl (C=O) groups excluding carboxylic acids is 2. The SMILES string of the molecule is CC(=O)NC(C)c1ccc(C(=O)CSc2nnnn2C2CC2)cc1. The van der Waals surface area contributed by atoms with E-state index in [9.17, 15) is 9.59 Å². The van der Waals surface area contributed by atoms with Crippen molar-refractivity contribution in [1.82, 2.24) is 25.5 Å². The topological polar surface area (TPSA) is 89.8 Å². The molecule has 2 aromatic rings. The molecule has 1 N–H and O–H groups in total. The summed E-state index contributed by atoms with van der Waals surface area (Å²) >= 11 is 1.36. The van der Waals surface area contributed by atoms with E-state index in [4.69, 9.17) is 0 Å². The van der Waals surface area contributed by atoms with Gasteiger partial charge >= 0.3 is 0 Å². The molecule has 8 heteroatoms. The predicted molar refractivity (Wildman–Crippen MR) is 89.8 cm³/mol. The highest BCUT2D eigenvalue weighted by molar-refractivity contribution is 7.99. The lowest BCUT2D eigenvalue weighted by Gasteiger charge is -2.13. The summed E-state index contributed by atoms with van der Waals surface area (Å²) in [5.74, 6) is 0.254. The van der Waals surface area contributed by atoms with E-state index in [1.165, 1.54) is 18.7 Å². The fourth-order valence-electron chi connectivity index (χ4n) is 2.39. The minimum Gasteiger partial charge on any atom is -0.350 e. The second-order valence-electron chi connectivity index (χ2n) is 5.89. The fourth-order valence-corrected chi connectivity index (χ4v) is 3.23. The van der Waals surface area contributed by atoms with Crippen LogP contribution < -0.4 is 5.32 Å². The zero-order valence-corrected chi connectivity index (χ0v) is 14.4. The van der Waals surface area contributed by atoms with Crippen LogP contribution in [-0.2, 0) is 4.79 Å². The molecule has 0 aliphatic heterocycles. The lowest BCUT2D eigenvalue weighted by molar-refractivity contribution is -0.119. The van der Waals surface area contributed by atoms with Gasteiger partial charge in [0.15, 0.2) is 5.78 Å². The molecule has 0 bridgehead atoms. The Balaban J connectivity index is 1.58. The Hall–Kier alpha value is -2.22. The summed E-state index contributed by atoms with van der Waals surface area (Å²) in [6.07, 6.45) is 2.20. The summed E-state index contributed by atoms with van der Waals surface area (Å²) in [6.45, 7) is 3.40. The molecule has 1 amide bonds. The standard InChI is InChI=1S/C16H19N5O2S/c1-10(17-11(2)22)12-3-5-13(6-4-12)15(23)9-24-16-18-19-20-21(16)14-7-8-14/h3-6,10,14H,7-9H2,1-2H3,(H,17,22). The number of hydrogen-bond acceptors (Lipinski definition) is 6. The maximum atomic E-state index is 12.3. The predicted octanol–water partition coefficient (Wildman–Crippen LogP) is 2.18. The molecule has 1 aliphatic carbocycles. The van der Waals surface area contributed by atoms with Crippen molar-refractivity contribution in [3.63, 3.8) is 0 Å². The van der Waals surface area contributed by atoms with Crippen LogP contribution in [0.3, 0.4) is 0 Å². The molecule has 1 heterocycles. The number of rotatable bonds is 7.